The molecule has 2 aliphatic heterocycles. The lowest BCUT2D eigenvalue weighted by Crippen LogP contribution is -2.48. The Kier molecular flexibility index (Phi) is 9.19. The largest absolute Gasteiger partial charge is 0.480 e. The van der Waals surface area contributed by atoms with Crippen LogP contribution in [0.25, 0.3) is 0 Å². The number of aliphatic carboxylic acids is 1. The highest BCUT2D eigenvalue weighted by molar-refractivity contribution is 7.89. The van der Waals surface area contributed by atoms with E-state index < -0.39 is 34.5 Å². The number of nitrogens with one attached hydrogen (secondary N) is 4. The second-order valence-electron chi connectivity index (χ2n) is 9.35. The number of guanidine groups is 1. The van der Waals surface area contributed by atoms with Crippen molar-refractivity contribution in [2.45, 2.75) is 42.7 Å². The molecule has 1 atom stereocenters. The number of rotatable bonds is 9. The summed E-state index contributed by atoms with van der Waals surface area (Å²) >= 11 is 0. The Morgan fingerprint density at radius 1 is 1.05 bits per heavy atom. The molecule has 2 aromatic rings. The number of hydrogen-bond acceptors (Lipinski definition) is 8. The van der Waals surface area contributed by atoms with Crippen molar-refractivity contribution in [3.05, 3.63) is 60.2 Å². The molecule has 0 aliphatic carbocycles. The molecule has 2 heterocycles. The van der Waals surface area contributed by atoms with E-state index >= 15 is 0 Å². The summed E-state index contributed by atoms with van der Waals surface area (Å²) in [6.07, 6.45) is 4.18. The van der Waals surface area contributed by atoms with Gasteiger partial charge in [0, 0.05) is 50.0 Å². The predicted molar refractivity (Wildman–Crippen MR) is 145 cm³/mol. The van der Waals surface area contributed by atoms with Crippen molar-refractivity contribution in [2.75, 3.05) is 37.6 Å². The fraction of sp³-hybridized carbons (Fsp3) is 0.423. The fourth-order valence-electron chi connectivity index (χ4n) is 4.42. The second kappa shape index (κ2) is 12.7. The van der Waals surface area contributed by atoms with Crippen LogP contribution in [0.5, 0.6) is 0 Å². The number of carboxylic acids is 1. The Morgan fingerprint density at radius 3 is 2.45 bits per heavy atom. The van der Waals surface area contributed by atoms with Crippen LogP contribution in [0.4, 0.5) is 5.69 Å². The van der Waals surface area contributed by atoms with Gasteiger partial charge >= 0.3 is 5.97 Å². The minimum Gasteiger partial charge on any atom is -0.480 e. The molecule has 1 fully saturated rings. The van der Waals surface area contributed by atoms with Crippen molar-refractivity contribution in [3.8, 4) is 0 Å². The minimum absolute atomic E-state index is 0.0529. The molecule has 0 spiro atoms. The molecule has 38 heavy (non-hydrogen) atoms. The van der Waals surface area contributed by atoms with Crippen molar-refractivity contribution >= 4 is 33.5 Å². The number of piperidine rings is 1. The number of sulfonamides is 1. The van der Waals surface area contributed by atoms with Crippen LogP contribution in [0.1, 0.15) is 36.0 Å². The van der Waals surface area contributed by atoms with Gasteiger partial charge < -0.3 is 26.0 Å². The number of hydrogen-bond donors (Lipinski definition) is 5. The first-order chi connectivity index (χ1) is 18.3. The Bertz CT molecular complexity index is 1230. The summed E-state index contributed by atoms with van der Waals surface area (Å²) in [7, 11) is -4.05. The van der Waals surface area contributed by atoms with Gasteiger partial charge in [-0.1, -0.05) is 18.2 Å². The van der Waals surface area contributed by atoms with E-state index in [0.29, 0.717) is 11.6 Å². The molecule has 5 N–H and O–H groups in total. The van der Waals surface area contributed by atoms with E-state index in [9.17, 15) is 23.1 Å². The Hall–Kier alpha value is -3.64. The Morgan fingerprint density at radius 2 is 1.76 bits per heavy atom. The molecule has 2 aromatic carbocycles. The van der Waals surface area contributed by atoms with Gasteiger partial charge in [0.05, 0.1) is 4.90 Å². The van der Waals surface area contributed by atoms with Gasteiger partial charge in [0.1, 0.15) is 6.04 Å². The lowest BCUT2D eigenvalue weighted by atomic mass is 10.0. The van der Waals surface area contributed by atoms with Crippen molar-refractivity contribution in [1.82, 2.24) is 20.7 Å². The maximum absolute atomic E-state index is 12.6. The molecule has 12 heteroatoms. The molecule has 0 aromatic heterocycles. The molecule has 0 bridgehead atoms. The smallest absolute Gasteiger partial charge is 0.323 e. The highest BCUT2D eigenvalue weighted by Crippen LogP contribution is 2.21. The van der Waals surface area contributed by atoms with Crippen LogP contribution in [-0.2, 0) is 14.8 Å². The zero-order chi connectivity index (χ0) is 27.0. The van der Waals surface area contributed by atoms with E-state index in [1.54, 1.807) is 30.3 Å². The van der Waals surface area contributed by atoms with Crippen molar-refractivity contribution in [2.24, 2.45) is 4.99 Å². The van der Waals surface area contributed by atoms with Crippen LogP contribution in [-0.4, -0.2) is 76.2 Å². The molecule has 0 saturated carbocycles. The van der Waals surface area contributed by atoms with E-state index in [0.717, 1.165) is 63.5 Å². The third-order valence-corrected chi connectivity index (χ3v) is 8.08. The monoisotopic (exact) mass is 542 g/mol. The van der Waals surface area contributed by atoms with Gasteiger partial charge in [-0.3, -0.25) is 14.6 Å². The number of nitrogens with zero attached hydrogens (tertiary/aromatic N) is 2. The van der Waals surface area contributed by atoms with Crippen molar-refractivity contribution in [3.63, 3.8) is 0 Å². The summed E-state index contributed by atoms with van der Waals surface area (Å²) in [6, 6.07) is 13.4. The molecule has 0 unspecified atom stereocenters. The Balaban J connectivity index is 1.27. The lowest BCUT2D eigenvalue weighted by molar-refractivity contribution is -0.138. The van der Waals surface area contributed by atoms with Gasteiger partial charge in [0.25, 0.3) is 5.91 Å². The van der Waals surface area contributed by atoms with Gasteiger partial charge in [-0.15, -0.1) is 0 Å². The number of benzene rings is 2. The predicted octanol–water partition coefficient (Wildman–Crippen LogP) is 1.15. The van der Waals surface area contributed by atoms with Crippen molar-refractivity contribution < 1.29 is 23.1 Å². The second-order valence-corrected chi connectivity index (χ2v) is 11.1. The van der Waals surface area contributed by atoms with Gasteiger partial charge in [-0.05, 0) is 62.1 Å². The number of anilines is 1. The molecule has 1 amide bonds. The average molecular weight is 543 g/mol. The average Bonchev–Trinajstić information content (AvgIpc) is 3.20. The minimum atomic E-state index is -4.05. The molecule has 11 nitrogen and oxygen atoms in total. The maximum atomic E-state index is 12.6. The topological polar surface area (TPSA) is 152 Å². The highest BCUT2D eigenvalue weighted by atomic mass is 32.2. The first-order valence-electron chi connectivity index (χ1n) is 12.8. The van der Waals surface area contributed by atoms with Gasteiger partial charge in [0.15, 0.2) is 5.96 Å². The summed E-state index contributed by atoms with van der Waals surface area (Å²) in [5.41, 5.74) is 1.36. The molecule has 204 valence electrons. The van der Waals surface area contributed by atoms with Crippen LogP contribution in [0.15, 0.2) is 64.5 Å². The molecule has 0 radical (unpaired) electrons. The number of carbonyl (C=O) groups excluding carboxylic acids is 1. The lowest BCUT2D eigenvalue weighted by Gasteiger charge is -2.34. The molecule has 1 saturated heterocycles. The zero-order valence-electron chi connectivity index (χ0n) is 21.1. The third kappa shape index (κ3) is 7.45. The number of carboxylic acid groups (broad SMARTS) is 1. The van der Waals surface area contributed by atoms with Crippen LogP contribution in [0.3, 0.4) is 0 Å². The van der Waals surface area contributed by atoms with Crippen LogP contribution in [0.2, 0.25) is 0 Å². The third-order valence-electron chi connectivity index (χ3n) is 6.59. The van der Waals surface area contributed by atoms with E-state index in [2.05, 4.69) is 30.6 Å². The molecular formula is C26H34N6O5S. The number of amides is 1. The van der Waals surface area contributed by atoms with Gasteiger partial charge in [-0.2, -0.15) is 4.72 Å². The first kappa shape index (κ1) is 27.4. The number of aliphatic imine (C=N–C) groups is 1. The van der Waals surface area contributed by atoms with E-state index in [4.69, 9.17) is 0 Å². The van der Waals surface area contributed by atoms with Crippen LogP contribution < -0.4 is 25.6 Å². The summed E-state index contributed by atoms with van der Waals surface area (Å²) in [5.74, 6) is -0.976. The maximum Gasteiger partial charge on any atom is 0.323 e. The van der Waals surface area contributed by atoms with Crippen molar-refractivity contribution in [1.29, 1.82) is 0 Å². The SMILES string of the molecule is O=C(NC[C@H](NS(=O)(=O)c1ccccc1)C(=O)O)c1ccc(N2CCC(NC3=NCCCCN3)CC2)cc1. The van der Waals surface area contributed by atoms with Gasteiger partial charge in [-0.25, -0.2) is 8.42 Å². The van der Waals surface area contributed by atoms with E-state index in [-0.39, 0.29) is 4.90 Å². The quantitative estimate of drug-likeness (QED) is 0.316. The first-order valence-corrected chi connectivity index (χ1v) is 14.3. The molecule has 4 rings (SSSR count). The van der Waals surface area contributed by atoms with Crippen LogP contribution in [0, 0.1) is 0 Å². The Labute approximate surface area is 222 Å². The molecular weight excluding hydrogens is 508 g/mol. The summed E-state index contributed by atoms with van der Waals surface area (Å²) in [5, 5.41) is 18.9. The summed E-state index contributed by atoms with van der Waals surface area (Å²) in [4.78, 5) is 31.0. The van der Waals surface area contributed by atoms with E-state index in [1.165, 1.54) is 12.1 Å². The summed E-state index contributed by atoms with van der Waals surface area (Å²) < 4.78 is 27.1. The zero-order valence-corrected chi connectivity index (χ0v) is 21.9. The van der Waals surface area contributed by atoms with Gasteiger partial charge in [0.2, 0.25) is 10.0 Å². The summed E-state index contributed by atoms with van der Waals surface area (Å²) in [6.45, 7) is 3.15. The van der Waals surface area contributed by atoms with Crippen LogP contribution >= 0.6 is 0 Å². The van der Waals surface area contributed by atoms with E-state index in [1.807, 2.05) is 12.1 Å². The highest BCUT2D eigenvalue weighted by Gasteiger charge is 2.26. The standard InChI is InChI=1S/C26H34N6O5S/c33-24(29-18-23(25(34)35)31-38(36,37)22-6-2-1-3-7-22)19-8-10-21(11-9-19)32-16-12-20(13-17-32)30-26-27-14-4-5-15-28-26/h1-3,6-11,20,23,31H,4-5,12-18H2,(H,29,33)(H,34,35)(H2,27,28,30)/t23-/m0/s1. The molecule has 2 aliphatic rings. The fourth-order valence-corrected chi connectivity index (χ4v) is 5.63. The normalized spacial score (nSPS) is 17.5. The number of carbonyl (C=O) groups is 2.